The number of aliphatic carboxylic acids is 1. The van der Waals surface area contributed by atoms with Crippen molar-refractivity contribution in [2.24, 2.45) is 0 Å². The third-order valence-electron chi connectivity index (χ3n) is 4.46. The fourth-order valence-corrected chi connectivity index (χ4v) is 3.13. The molecule has 5 nitrogen and oxygen atoms in total. The Kier molecular flexibility index (Phi) is 5.77. The number of carbonyl (C=O) groups is 2. The summed E-state index contributed by atoms with van der Waals surface area (Å²) < 4.78 is 5.30. The molecule has 1 aromatic carbocycles. The van der Waals surface area contributed by atoms with E-state index in [1.54, 1.807) is 0 Å². The number of rotatable bonds is 6. The molecule has 126 valence electrons. The number of benzene rings is 1. The second kappa shape index (κ2) is 7.59. The van der Waals surface area contributed by atoms with Gasteiger partial charge in [0.05, 0.1) is 12.0 Å². The maximum Gasteiger partial charge on any atom is 0.305 e. The molecule has 1 aliphatic heterocycles. The normalized spacial score (nSPS) is 16.8. The van der Waals surface area contributed by atoms with Crippen LogP contribution < -0.4 is 5.32 Å². The molecule has 0 spiro atoms. The number of aryl methyl sites for hydroxylation is 3. The second-order valence-electron chi connectivity index (χ2n) is 6.44. The van der Waals surface area contributed by atoms with Gasteiger partial charge < -0.3 is 15.2 Å². The van der Waals surface area contributed by atoms with Crippen molar-refractivity contribution >= 4 is 11.9 Å². The molecule has 0 saturated carbocycles. The van der Waals surface area contributed by atoms with Crippen molar-refractivity contribution in [2.75, 3.05) is 13.2 Å². The van der Waals surface area contributed by atoms with Crippen molar-refractivity contribution < 1.29 is 19.4 Å². The molecular weight excluding hydrogens is 294 g/mol. The van der Waals surface area contributed by atoms with E-state index in [0.29, 0.717) is 38.9 Å². The Labute approximate surface area is 137 Å². The van der Waals surface area contributed by atoms with E-state index in [-0.39, 0.29) is 12.3 Å². The lowest BCUT2D eigenvalue weighted by atomic mass is 9.86. The maximum absolute atomic E-state index is 12.3. The summed E-state index contributed by atoms with van der Waals surface area (Å²) in [6, 6.07) is 6.21. The predicted octanol–water partition coefficient (Wildman–Crippen LogP) is 2.38. The number of hydrogen-bond donors (Lipinski definition) is 2. The zero-order valence-electron chi connectivity index (χ0n) is 13.9. The van der Waals surface area contributed by atoms with Crippen molar-refractivity contribution in [1.29, 1.82) is 0 Å². The first kappa shape index (κ1) is 17.5. The van der Waals surface area contributed by atoms with Gasteiger partial charge in [0.15, 0.2) is 0 Å². The largest absolute Gasteiger partial charge is 0.481 e. The molecule has 2 N–H and O–H groups in total. The van der Waals surface area contributed by atoms with E-state index in [0.717, 1.165) is 5.56 Å². The first-order valence-corrected chi connectivity index (χ1v) is 8.07. The highest BCUT2D eigenvalue weighted by atomic mass is 16.5. The van der Waals surface area contributed by atoms with E-state index in [1.807, 2.05) is 19.9 Å². The molecule has 1 fully saturated rings. The van der Waals surface area contributed by atoms with Gasteiger partial charge in [-0.05, 0) is 44.2 Å². The standard InChI is InChI=1S/C18H25NO4/c1-13-3-4-15(14(2)11-13)5-6-16(20)19-18(12-17(21)22)7-9-23-10-8-18/h3-4,11H,5-10,12H2,1-2H3,(H,19,20)(H,21,22). The number of hydrogen-bond acceptors (Lipinski definition) is 3. The van der Waals surface area contributed by atoms with E-state index in [2.05, 4.69) is 17.4 Å². The number of carboxylic acids is 1. The molecule has 0 aromatic heterocycles. The molecule has 1 saturated heterocycles. The lowest BCUT2D eigenvalue weighted by Gasteiger charge is -2.36. The number of amides is 1. The van der Waals surface area contributed by atoms with Gasteiger partial charge in [-0.2, -0.15) is 0 Å². The van der Waals surface area contributed by atoms with Crippen molar-refractivity contribution in [3.05, 3.63) is 34.9 Å². The number of ether oxygens (including phenoxy) is 1. The average molecular weight is 319 g/mol. The molecule has 0 unspecified atom stereocenters. The zero-order valence-corrected chi connectivity index (χ0v) is 13.9. The van der Waals surface area contributed by atoms with Gasteiger partial charge in [0.2, 0.25) is 5.91 Å². The molecule has 1 aromatic rings. The van der Waals surface area contributed by atoms with Gasteiger partial charge in [-0.25, -0.2) is 0 Å². The molecule has 0 bridgehead atoms. The molecule has 1 heterocycles. The summed E-state index contributed by atoms with van der Waals surface area (Å²) in [6.07, 6.45) is 2.08. The molecule has 5 heteroatoms. The molecule has 0 radical (unpaired) electrons. The van der Waals surface area contributed by atoms with Crippen LogP contribution in [0.15, 0.2) is 18.2 Å². The van der Waals surface area contributed by atoms with Gasteiger partial charge in [0.1, 0.15) is 0 Å². The third kappa shape index (κ3) is 5.06. The quantitative estimate of drug-likeness (QED) is 0.844. The Hall–Kier alpha value is -1.88. The minimum absolute atomic E-state index is 0.0499. The van der Waals surface area contributed by atoms with Gasteiger partial charge >= 0.3 is 5.97 Å². The van der Waals surface area contributed by atoms with Crippen LogP contribution in [0.5, 0.6) is 0 Å². The number of carbonyl (C=O) groups excluding carboxylic acids is 1. The summed E-state index contributed by atoms with van der Waals surface area (Å²) in [5, 5.41) is 12.1. The zero-order chi connectivity index (χ0) is 16.9. The molecule has 23 heavy (non-hydrogen) atoms. The van der Waals surface area contributed by atoms with Crippen molar-refractivity contribution in [2.45, 2.75) is 51.5 Å². The minimum Gasteiger partial charge on any atom is -0.481 e. The maximum atomic E-state index is 12.3. The highest BCUT2D eigenvalue weighted by molar-refractivity contribution is 5.78. The summed E-state index contributed by atoms with van der Waals surface area (Å²) in [5.41, 5.74) is 2.89. The highest BCUT2D eigenvalue weighted by Gasteiger charge is 2.36. The van der Waals surface area contributed by atoms with Crippen LogP contribution >= 0.6 is 0 Å². The Bertz CT molecular complexity index is 576. The van der Waals surface area contributed by atoms with Crippen molar-refractivity contribution in [3.63, 3.8) is 0 Å². The Morgan fingerprint density at radius 3 is 2.57 bits per heavy atom. The summed E-state index contributed by atoms with van der Waals surface area (Å²) in [6.45, 7) is 5.07. The highest BCUT2D eigenvalue weighted by Crippen LogP contribution is 2.25. The van der Waals surface area contributed by atoms with E-state index in [1.165, 1.54) is 11.1 Å². The number of carboxylic acid groups (broad SMARTS) is 1. The summed E-state index contributed by atoms with van der Waals surface area (Å²) >= 11 is 0. The smallest absolute Gasteiger partial charge is 0.305 e. The Morgan fingerprint density at radius 2 is 1.96 bits per heavy atom. The summed E-state index contributed by atoms with van der Waals surface area (Å²) in [7, 11) is 0. The number of nitrogens with one attached hydrogen (secondary N) is 1. The van der Waals surface area contributed by atoms with E-state index in [4.69, 9.17) is 9.84 Å². The van der Waals surface area contributed by atoms with Crippen LogP contribution in [-0.4, -0.2) is 35.7 Å². The van der Waals surface area contributed by atoms with Crippen molar-refractivity contribution in [1.82, 2.24) is 5.32 Å². The lowest BCUT2D eigenvalue weighted by molar-refractivity contribution is -0.140. The Morgan fingerprint density at radius 1 is 1.26 bits per heavy atom. The van der Waals surface area contributed by atoms with Gasteiger partial charge in [0, 0.05) is 19.6 Å². The molecular formula is C18H25NO4. The fraction of sp³-hybridized carbons (Fsp3) is 0.556. The first-order valence-electron chi connectivity index (χ1n) is 8.07. The lowest BCUT2D eigenvalue weighted by Crippen LogP contribution is -2.53. The molecule has 1 amide bonds. The van der Waals surface area contributed by atoms with Gasteiger partial charge in [-0.15, -0.1) is 0 Å². The molecule has 0 aliphatic carbocycles. The first-order chi connectivity index (χ1) is 10.9. The predicted molar refractivity (Wildman–Crippen MR) is 87.4 cm³/mol. The van der Waals surface area contributed by atoms with Crippen LogP contribution in [0, 0.1) is 13.8 Å². The second-order valence-corrected chi connectivity index (χ2v) is 6.44. The molecule has 2 rings (SSSR count). The van der Waals surface area contributed by atoms with E-state index < -0.39 is 11.5 Å². The monoisotopic (exact) mass is 319 g/mol. The van der Waals surface area contributed by atoms with Gasteiger partial charge in [0.25, 0.3) is 0 Å². The van der Waals surface area contributed by atoms with Crippen LogP contribution in [0.2, 0.25) is 0 Å². The fourth-order valence-electron chi connectivity index (χ4n) is 3.13. The summed E-state index contributed by atoms with van der Waals surface area (Å²) in [5.74, 6) is -0.977. The Balaban J connectivity index is 1.95. The minimum atomic E-state index is -0.887. The third-order valence-corrected chi connectivity index (χ3v) is 4.46. The molecule has 0 atom stereocenters. The van der Waals surface area contributed by atoms with E-state index >= 15 is 0 Å². The van der Waals surface area contributed by atoms with Gasteiger partial charge in [-0.1, -0.05) is 23.8 Å². The summed E-state index contributed by atoms with van der Waals surface area (Å²) in [4.78, 5) is 23.4. The van der Waals surface area contributed by atoms with Crippen molar-refractivity contribution in [3.8, 4) is 0 Å². The average Bonchev–Trinajstić information content (AvgIpc) is 2.46. The van der Waals surface area contributed by atoms with Crippen LogP contribution in [0.25, 0.3) is 0 Å². The van der Waals surface area contributed by atoms with Crippen LogP contribution in [0.1, 0.15) is 42.4 Å². The topological polar surface area (TPSA) is 75.6 Å². The van der Waals surface area contributed by atoms with Gasteiger partial charge in [-0.3, -0.25) is 9.59 Å². The van der Waals surface area contributed by atoms with Crippen LogP contribution in [0.3, 0.4) is 0 Å². The van der Waals surface area contributed by atoms with E-state index in [9.17, 15) is 9.59 Å². The van der Waals surface area contributed by atoms with Crippen LogP contribution in [0.4, 0.5) is 0 Å². The SMILES string of the molecule is Cc1ccc(CCC(=O)NC2(CC(=O)O)CCOCC2)c(C)c1. The molecule has 1 aliphatic rings. The van der Waals surface area contributed by atoms with Crippen LogP contribution in [-0.2, 0) is 20.7 Å².